The second kappa shape index (κ2) is 8.65. The standard InChI is InChI=1S/C22H30O6Si/c1-22(2,3)29(15-10-6-4-7-11-15,16-12-8-5-9-13-16)27-14-17-18(23)19(24)20(25)21(26)28-17/h4-13,17-21,23-26H,14H2,1-3H3/t17?,18-,19?,20-,21?/m0/s1. The van der Waals surface area contributed by atoms with Crippen molar-refractivity contribution in [2.45, 2.75) is 56.5 Å². The number of hydrogen-bond donors (Lipinski definition) is 4. The predicted molar refractivity (Wildman–Crippen MR) is 112 cm³/mol. The van der Waals surface area contributed by atoms with Gasteiger partial charge in [0.05, 0.1) is 6.61 Å². The van der Waals surface area contributed by atoms with Crippen molar-refractivity contribution in [2.24, 2.45) is 0 Å². The average molecular weight is 419 g/mol. The molecule has 6 nitrogen and oxygen atoms in total. The normalized spacial score (nSPS) is 28.3. The molecule has 0 aromatic heterocycles. The molecule has 158 valence electrons. The van der Waals surface area contributed by atoms with Crippen LogP contribution in [0.4, 0.5) is 0 Å². The van der Waals surface area contributed by atoms with E-state index < -0.39 is 39.0 Å². The van der Waals surface area contributed by atoms with Crippen LogP contribution in [-0.4, -0.2) is 66.1 Å². The molecular weight excluding hydrogens is 388 g/mol. The lowest BCUT2D eigenvalue weighted by molar-refractivity contribution is -0.285. The van der Waals surface area contributed by atoms with Gasteiger partial charge in [-0.05, 0) is 15.4 Å². The van der Waals surface area contributed by atoms with Crippen LogP contribution in [0.3, 0.4) is 0 Å². The zero-order valence-corrected chi connectivity index (χ0v) is 18.0. The Hall–Kier alpha value is -1.58. The molecule has 1 aliphatic rings. The Morgan fingerprint density at radius 2 is 1.28 bits per heavy atom. The molecule has 0 bridgehead atoms. The third-order valence-electron chi connectivity index (χ3n) is 5.57. The summed E-state index contributed by atoms with van der Waals surface area (Å²) in [6.45, 7) is 6.36. The van der Waals surface area contributed by atoms with E-state index in [-0.39, 0.29) is 11.6 Å². The Morgan fingerprint density at radius 3 is 1.72 bits per heavy atom. The second-order valence-electron chi connectivity index (χ2n) is 8.51. The van der Waals surface area contributed by atoms with Crippen LogP contribution in [0.15, 0.2) is 60.7 Å². The molecule has 29 heavy (non-hydrogen) atoms. The molecule has 3 unspecified atom stereocenters. The van der Waals surface area contributed by atoms with Gasteiger partial charge in [-0.3, -0.25) is 0 Å². The first-order chi connectivity index (χ1) is 13.7. The zero-order valence-electron chi connectivity index (χ0n) is 17.0. The number of aliphatic hydroxyl groups excluding tert-OH is 4. The third kappa shape index (κ3) is 4.18. The molecule has 0 spiro atoms. The van der Waals surface area contributed by atoms with Gasteiger partial charge in [0, 0.05) is 0 Å². The van der Waals surface area contributed by atoms with Crippen molar-refractivity contribution in [3.05, 3.63) is 60.7 Å². The van der Waals surface area contributed by atoms with Crippen LogP contribution in [0, 0.1) is 0 Å². The van der Waals surface area contributed by atoms with E-state index in [2.05, 4.69) is 45.0 Å². The molecule has 1 heterocycles. The Labute approximate surface area is 172 Å². The van der Waals surface area contributed by atoms with Crippen molar-refractivity contribution in [1.82, 2.24) is 0 Å². The second-order valence-corrected chi connectivity index (χ2v) is 12.8. The minimum atomic E-state index is -2.84. The van der Waals surface area contributed by atoms with E-state index in [1.807, 2.05) is 36.4 Å². The third-order valence-corrected chi connectivity index (χ3v) is 10.6. The fourth-order valence-electron chi connectivity index (χ4n) is 4.04. The van der Waals surface area contributed by atoms with Gasteiger partial charge in [-0.25, -0.2) is 0 Å². The molecule has 4 N–H and O–H groups in total. The van der Waals surface area contributed by atoms with Gasteiger partial charge in [0.25, 0.3) is 8.32 Å². The smallest absolute Gasteiger partial charge is 0.261 e. The van der Waals surface area contributed by atoms with Gasteiger partial charge >= 0.3 is 0 Å². The Morgan fingerprint density at radius 1 is 0.793 bits per heavy atom. The molecule has 5 atom stereocenters. The van der Waals surface area contributed by atoms with Gasteiger partial charge in [0.2, 0.25) is 0 Å². The number of ether oxygens (including phenoxy) is 1. The molecule has 0 aliphatic carbocycles. The summed E-state index contributed by atoms with van der Waals surface area (Å²) >= 11 is 0. The average Bonchev–Trinajstić information content (AvgIpc) is 2.71. The lowest BCUT2D eigenvalue weighted by Crippen LogP contribution is -2.68. The van der Waals surface area contributed by atoms with Crippen LogP contribution in [0.5, 0.6) is 0 Å². The summed E-state index contributed by atoms with van der Waals surface area (Å²) in [5.74, 6) is 0. The van der Waals surface area contributed by atoms with Crippen LogP contribution in [-0.2, 0) is 9.16 Å². The molecule has 1 aliphatic heterocycles. The zero-order chi connectivity index (χ0) is 21.2. The SMILES string of the molecule is CC(C)(C)[Si](OCC1OC(O)[C@@H](O)C(O)[C@H]1O)(c1ccccc1)c1ccccc1. The van der Waals surface area contributed by atoms with Crippen molar-refractivity contribution < 1.29 is 29.6 Å². The highest BCUT2D eigenvalue weighted by molar-refractivity contribution is 6.99. The highest BCUT2D eigenvalue weighted by Crippen LogP contribution is 2.37. The van der Waals surface area contributed by atoms with E-state index in [4.69, 9.17) is 9.16 Å². The van der Waals surface area contributed by atoms with Crippen molar-refractivity contribution in [3.63, 3.8) is 0 Å². The van der Waals surface area contributed by atoms with Crippen LogP contribution in [0.2, 0.25) is 5.04 Å². The molecule has 1 saturated heterocycles. The molecule has 2 aromatic rings. The van der Waals surface area contributed by atoms with Gasteiger partial charge in [-0.2, -0.15) is 0 Å². The molecule has 2 aromatic carbocycles. The van der Waals surface area contributed by atoms with Gasteiger partial charge in [0.15, 0.2) is 6.29 Å². The lowest BCUT2D eigenvalue weighted by Gasteiger charge is -2.45. The summed E-state index contributed by atoms with van der Waals surface area (Å²) < 4.78 is 12.0. The van der Waals surface area contributed by atoms with E-state index in [0.29, 0.717) is 0 Å². The van der Waals surface area contributed by atoms with Crippen molar-refractivity contribution >= 4 is 18.7 Å². The maximum Gasteiger partial charge on any atom is 0.261 e. The van der Waals surface area contributed by atoms with Crippen LogP contribution >= 0.6 is 0 Å². The number of hydrogen-bond acceptors (Lipinski definition) is 6. The lowest BCUT2D eigenvalue weighted by atomic mass is 10.00. The minimum absolute atomic E-state index is 0.0325. The van der Waals surface area contributed by atoms with Crippen LogP contribution in [0.25, 0.3) is 0 Å². The maximum absolute atomic E-state index is 10.4. The summed E-state index contributed by atoms with van der Waals surface area (Å²) in [5, 5.41) is 41.9. The molecule has 1 fully saturated rings. The Balaban J connectivity index is 2.00. The summed E-state index contributed by atoms with van der Waals surface area (Å²) in [6.07, 6.45) is -6.99. The van der Waals surface area contributed by atoms with E-state index in [9.17, 15) is 20.4 Å². The first-order valence-electron chi connectivity index (χ1n) is 9.81. The first kappa shape index (κ1) is 22.1. The monoisotopic (exact) mass is 418 g/mol. The first-order valence-corrected chi connectivity index (χ1v) is 11.7. The predicted octanol–water partition coefficient (Wildman–Crippen LogP) is 0.363. The van der Waals surface area contributed by atoms with Crippen LogP contribution < -0.4 is 10.4 Å². The van der Waals surface area contributed by atoms with E-state index in [1.165, 1.54) is 0 Å². The highest BCUT2D eigenvalue weighted by atomic mass is 28.4. The fraction of sp³-hybridized carbons (Fsp3) is 0.455. The summed E-state index contributed by atoms with van der Waals surface area (Å²) in [4.78, 5) is 0. The van der Waals surface area contributed by atoms with Crippen LogP contribution in [0.1, 0.15) is 20.8 Å². The molecule has 0 saturated carbocycles. The van der Waals surface area contributed by atoms with Crippen molar-refractivity contribution in [1.29, 1.82) is 0 Å². The molecule has 3 rings (SSSR count). The Kier molecular flexibility index (Phi) is 6.60. The van der Waals surface area contributed by atoms with Gasteiger partial charge < -0.3 is 29.6 Å². The molecule has 0 amide bonds. The minimum Gasteiger partial charge on any atom is -0.405 e. The fourth-order valence-corrected chi connectivity index (χ4v) is 8.61. The van der Waals surface area contributed by atoms with E-state index >= 15 is 0 Å². The van der Waals surface area contributed by atoms with Gasteiger partial charge in [-0.1, -0.05) is 81.4 Å². The van der Waals surface area contributed by atoms with E-state index in [1.54, 1.807) is 0 Å². The van der Waals surface area contributed by atoms with Crippen molar-refractivity contribution in [2.75, 3.05) is 6.61 Å². The highest BCUT2D eigenvalue weighted by Gasteiger charge is 2.52. The van der Waals surface area contributed by atoms with E-state index in [0.717, 1.165) is 10.4 Å². The number of aliphatic hydroxyl groups is 4. The summed E-state index contributed by atoms with van der Waals surface area (Å²) in [7, 11) is -2.84. The van der Waals surface area contributed by atoms with Gasteiger partial charge in [-0.15, -0.1) is 0 Å². The molecular formula is C22H30O6Si. The summed E-state index contributed by atoms with van der Waals surface area (Å²) in [5.41, 5.74) is 0. The Bertz CT molecular complexity index is 739. The van der Waals surface area contributed by atoms with Crippen molar-refractivity contribution in [3.8, 4) is 0 Å². The van der Waals surface area contributed by atoms with Gasteiger partial charge in [0.1, 0.15) is 24.4 Å². The molecule has 0 radical (unpaired) electrons. The maximum atomic E-state index is 10.4. The summed E-state index contributed by atoms with van der Waals surface area (Å²) in [6, 6.07) is 20.0. The largest absolute Gasteiger partial charge is 0.405 e. The quantitative estimate of drug-likeness (QED) is 0.524. The number of rotatable bonds is 5. The molecule has 7 heteroatoms. The number of benzene rings is 2. The topological polar surface area (TPSA) is 99.4 Å².